The van der Waals surface area contributed by atoms with Crippen LogP contribution >= 0.6 is 11.3 Å². The zero-order valence-electron chi connectivity index (χ0n) is 20.3. The maximum Gasteiger partial charge on any atom is 0.227 e. The number of pyridine rings is 3. The number of amides is 1. The fourth-order valence-electron chi connectivity index (χ4n) is 4.52. The SMILES string of the molecule is CC(=O)c1ccc(-c2nccc3[nH]c(-c4n[nH]c5ccc(-c6cncc(NC(=O)C7CC7)c6)nc45)cc23)s1. The fraction of sp³-hybridized carbons (Fsp3) is 0.143. The first-order chi connectivity index (χ1) is 18.5. The quantitative estimate of drug-likeness (QED) is 0.237. The second-order valence-corrected chi connectivity index (χ2v) is 10.5. The molecule has 7 rings (SSSR count). The van der Waals surface area contributed by atoms with E-state index >= 15 is 0 Å². The number of thiophene rings is 1. The van der Waals surface area contributed by atoms with Gasteiger partial charge in [0.25, 0.3) is 0 Å². The number of nitrogens with one attached hydrogen (secondary N) is 3. The Labute approximate surface area is 220 Å². The number of nitrogens with zero attached hydrogens (tertiary/aromatic N) is 4. The number of fused-ring (bicyclic) bond motifs is 2. The topological polar surface area (TPSA) is 129 Å². The molecule has 0 aliphatic heterocycles. The number of carbonyl (C=O) groups is 2. The molecule has 1 amide bonds. The average Bonchev–Trinajstić information content (AvgIpc) is 3.32. The van der Waals surface area contributed by atoms with Crippen molar-refractivity contribution in [3.05, 3.63) is 65.9 Å². The van der Waals surface area contributed by atoms with Gasteiger partial charge >= 0.3 is 0 Å². The van der Waals surface area contributed by atoms with Crippen LogP contribution in [0.25, 0.3) is 55.2 Å². The van der Waals surface area contributed by atoms with Crippen LogP contribution in [0.15, 0.2) is 61.1 Å². The molecule has 0 aromatic carbocycles. The lowest BCUT2D eigenvalue weighted by molar-refractivity contribution is -0.117. The first-order valence-corrected chi connectivity index (χ1v) is 13.1. The molecule has 1 saturated carbocycles. The molecule has 3 N–H and O–H groups in total. The normalized spacial score (nSPS) is 13.3. The summed E-state index contributed by atoms with van der Waals surface area (Å²) in [4.78, 5) is 42.9. The van der Waals surface area contributed by atoms with E-state index in [1.54, 1.807) is 25.5 Å². The Morgan fingerprint density at radius 1 is 1.03 bits per heavy atom. The summed E-state index contributed by atoms with van der Waals surface area (Å²) in [6.07, 6.45) is 7.02. The van der Waals surface area contributed by atoms with Crippen LogP contribution in [0.4, 0.5) is 5.69 Å². The van der Waals surface area contributed by atoms with E-state index in [1.165, 1.54) is 11.3 Å². The number of ketones is 1. The second-order valence-electron chi connectivity index (χ2n) is 9.41. The van der Waals surface area contributed by atoms with Crippen LogP contribution in [-0.4, -0.2) is 41.8 Å². The summed E-state index contributed by atoms with van der Waals surface area (Å²) in [5.74, 6) is 0.195. The van der Waals surface area contributed by atoms with E-state index in [1.807, 2.05) is 42.5 Å². The van der Waals surface area contributed by atoms with Crippen molar-refractivity contribution in [2.75, 3.05) is 5.32 Å². The van der Waals surface area contributed by atoms with Crippen molar-refractivity contribution >= 4 is 50.7 Å². The molecule has 9 nitrogen and oxygen atoms in total. The van der Waals surface area contributed by atoms with Crippen LogP contribution in [0, 0.1) is 5.92 Å². The largest absolute Gasteiger partial charge is 0.353 e. The van der Waals surface area contributed by atoms with Gasteiger partial charge in [-0.05, 0) is 62.2 Å². The van der Waals surface area contributed by atoms with Gasteiger partial charge in [-0.25, -0.2) is 4.98 Å². The van der Waals surface area contributed by atoms with Crippen molar-refractivity contribution in [2.24, 2.45) is 5.92 Å². The molecule has 38 heavy (non-hydrogen) atoms. The van der Waals surface area contributed by atoms with Gasteiger partial charge in [0.15, 0.2) is 5.78 Å². The van der Waals surface area contributed by atoms with E-state index in [9.17, 15) is 9.59 Å². The summed E-state index contributed by atoms with van der Waals surface area (Å²) >= 11 is 1.44. The predicted octanol–water partition coefficient (Wildman–Crippen LogP) is 5.84. The summed E-state index contributed by atoms with van der Waals surface area (Å²) in [6.45, 7) is 1.57. The molecule has 6 aromatic rings. The minimum absolute atomic E-state index is 0.0391. The Morgan fingerprint density at radius 2 is 1.92 bits per heavy atom. The Balaban J connectivity index is 1.27. The lowest BCUT2D eigenvalue weighted by Gasteiger charge is -2.06. The van der Waals surface area contributed by atoms with Gasteiger partial charge < -0.3 is 10.3 Å². The van der Waals surface area contributed by atoms with Crippen LogP contribution in [-0.2, 0) is 4.79 Å². The van der Waals surface area contributed by atoms with Gasteiger partial charge in [0.1, 0.15) is 11.2 Å². The van der Waals surface area contributed by atoms with Crippen LogP contribution in [0.3, 0.4) is 0 Å². The summed E-state index contributed by atoms with van der Waals surface area (Å²) in [6, 6.07) is 13.4. The highest BCUT2D eigenvalue weighted by atomic mass is 32.1. The van der Waals surface area contributed by atoms with Crippen molar-refractivity contribution in [1.29, 1.82) is 0 Å². The smallest absolute Gasteiger partial charge is 0.227 e. The molecule has 0 unspecified atom stereocenters. The van der Waals surface area contributed by atoms with E-state index in [0.29, 0.717) is 21.8 Å². The predicted molar refractivity (Wildman–Crippen MR) is 147 cm³/mol. The molecule has 1 aliphatic carbocycles. The zero-order valence-corrected chi connectivity index (χ0v) is 21.1. The van der Waals surface area contributed by atoms with Gasteiger partial charge in [-0.1, -0.05) is 0 Å². The van der Waals surface area contributed by atoms with Crippen LogP contribution in [0.5, 0.6) is 0 Å². The first kappa shape index (κ1) is 22.5. The summed E-state index contributed by atoms with van der Waals surface area (Å²) < 4.78 is 0. The van der Waals surface area contributed by atoms with Gasteiger partial charge in [0.05, 0.1) is 44.2 Å². The van der Waals surface area contributed by atoms with E-state index in [4.69, 9.17) is 4.98 Å². The highest BCUT2D eigenvalue weighted by molar-refractivity contribution is 7.17. The highest BCUT2D eigenvalue weighted by Gasteiger charge is 2.29. The summed E-state index contributed by atoms with van der Waals surface area (Å²) in [7, 11) is 0. The Hall–Kier alpha value is -4.70. The lowest BCUT2D eigenvalue weighted by Crippen LogP contribution is -2.13. The molecule has 0 saturated heterocycles. The van der Waals surface area contributed by atoms with E-state index in [2.05, 4.69) is 30.5 Å². The van der Waals surface area contributed by atoms with Gasteiger partial charge in [-0.2, -0.15) is 5.10 Å². The van der Waals surface area contributed by atoms with Crippen molar-refractivity contribution in [1.82, 2.24) is 30.1 Å². The number of rotatable bonds is 6. The van der Waals surface area contributed by atoms with Crippen molar-refractivity contribution < 1.29 is 9.59 Å². The van der Waals surface area contributed by atoms with Crippen LogP contribution < -0.4 is 5.32 Å². The fourth-order valence-corrected chi connectivity index (χ4v) is 5.43. The maximum absolute atomic E-state index is 12.2. The molecular formula is C28H21N7O2S. The molecule has 10 heteroatoms. The number of anilines is 1. The van der Waals surface area contributed by atoms with Gasteiger partial charge in [0, 0.05) is 34.8 Å². The number of Topliss-reactive ketones (excluding diaryl/α,β-unsaturated/α-hetero) is 1. The highest BCUT2D eigenvalue weighted by Crippen LogP contribution is 2.36. The summed E-state index contributed by atoms with van der Waals surface area (Å²) in [5, 5.41) is 11.5. The molecule has 1 fully saturated rings. The van der Waals surface area contributed by atoms with Gasteiger partial charge in [-0.3, -0.25) is 24.7 Å². The average molecular weight is 520 g/mol. The van der Waals surface area contributed by atoms with Crippen molar-refractivity contribution in [3.8, 4) is 33.2 Å². The number of aromatic nitrogens is 6. The maximum atomic E-state index is 12.2. The van der Waals surface area contributed by atoms with Crippen LogP contribution in [0.2, 0.25) is 0 Å². The molecule has 0 atom stereocenters. The molecule has 186 valence electrons. The molecule has 0 bridgehead atoms. The Morgan fingerprint density at radius 3 is 2.74 bits per heavy atom. The lowest BCUT2D eigenvalue weighted by atomic mass is 10.1. The third kappa shape index (κ3) is 3.95. The molecule has 1 aliphatic rings. The number of hydrogen-bond donors (Lipinski definition) is 3. The molecular weight excluding hydrogens is 498 g/mol. The Bertz CT molecular complexity index is 1880. The first-order valence-electron chi connectivity index (χ1n) is 12.2. The summed E-state index contributed by atoms with van der Waals surface area (Å²) in [5.41, 5.74) is 6.92. The molecule has 6 heterocycles. The number of carbonyl (C=O) groups excluding carboxylic acids is 2. The van der Waals surface area contributed by atoms with Crippen LogP contribution in [0.1, 0.15) is 29.4 Å². The third-order valence-corrected chi connectivity index (χ3v) is 7.84. The second kappa shape index (κ2) is 8.70. The zero-order chi connectivity index (χ0) is 25.8. The number of hydrogen-bond acceptors (Lipinski definition) is 7. The van der Waals surface area contributed by atoms with E-state index in [-0.39, 0.29) is 17.6 Å². The van der Waals surface area contributed by atoms with Gasteiger partial charge in [-0.15, -0.1) is 11.3 Å². The van der Waals surface area contributed by atoms with Crippen molar-refractivity contribution in [3.63, 3.8) is 0 Å². The molecule has 0 spiro atoms. The van der Waals surface area contributed by atoms with E-state index in [0.717, 1.165) is 56.8 Å². The molecule has 0 radical (unpaired) electrons. The number of aromatic amines is 2. The molecule has 6 aromatic heterocycles. The van der Waals surface area contributed by atoms with Gasteiger partial charge in [0.2, 0.25) is 5.91 Å². The third-order valence-electron chi connectivity index (χ3n) is 6.65. The van der Waals surface area contributed by atoms with Crippen molar-refractivity contribution in [2.45, 2.75) is 19.8 Å². The minimum atomic E-state index is 0.0391. The minimum Gasteiger partial charge on any atom is -0.353 e. The van der Waals surface area contributed by atoms with E-state index < -0.39 is 0 Å². The monoisotopic (exact) mass is 519 g/mol. The Kier molecular flexibility index (Phi) is 5.15. The standard InChI is InChI=1S/C28H21N7O2S/c1-14(36)23-6-7-24(38-23)25-18-11-22(32-20(18)8-9-30-25)27-26-21(34-35-27)5-4-19(33-26)16-10-17(13-29-12-16)31-28(37)15-2-3-15/h4-13,15,32H,2-3H2,1H3,(H,31,37)(H,34,35). The number of H-pyrrole nitrogens is 2.